The third-order valence-electron chi connectivity index (χ3n) is 2.53. The van der Waals surface area contributed by atoms with Gasteiger partial charge in [-0.2, -0.15) is 0 Å². The first-order valence-electron chi connectivity index (χ1n) is 5.54. The van der Waals surface area contributed by atoms with Crippen molar-refractivity contribution in [3.05, 3.63) is 57.0 Å². The Hall–Kier alpha value is -0.920. The van der Waals surface area contributed by atoms with Gasteiger partial charge >= 0.3 is 0 Å². The molecule has 0 saturated carbocycles. The highest BCUT2D eigenvalue weighted by Crippen LogP contribution is 2.22. The van der Waals surface area contributed by atoms with Crippen molar-refractivity contribution in [3.8, 4) is 0 Å². The largest absolute Gasteiger partial charge is 0.242 e. The van der Waals surface area contributed by atoms with Crippen LogP contribution in [0.3, 0.4) is 0 Å². The highest BCUT2D eigenvalue weighted by Gasteiger charge is 2.16. The summed E-state index contributed by atoms with van der Waals surface area (Å²) in [6, 6.07) is 5.12. The molecule has 4 nitrogen and oxygen atoms in total. The summed E-state index contributed by atoms with van der Waals surface area (Å²) in [7, 11) is -3.81. The number of sulfonamides is 1. The normalized spacial score (nSPS) is 11.6. The van der Waals surface area contributed by atoms with Crippen molar-refractivity contribution in [2.24, 2.45) is 0 Å². The lowest BCUT2D eigenvalue weighted by Gasteiger charge is -2.08. The van der Waals surface area contributed by atoms with Gasteiger partial charge in [0.05, 0.1) is 10.0 Å². The number of rotatable bonds is 4. The van der Waals surface area contributed by atoms with Crippen molar-refractivity contribution in [3.63, 3.8) is 0 Å². The molecule has 0 aliphatic heterocycles. The van der Waals surface area contributed by atoms with Gasteiger partial charge in [-0.05, 0) is 23.8 Å². The van der Waals surface area contributed by atoms with Gasteiger partial charge in [-0.15, -0.1) is 0 Å². The second-order valence-corrected chi connectivity index (χ2v) is 6.96. The van der Waals surface area contributed by atoms with Crippen LogP contribution in [0.5, 0.6) is 0 Å². The van der Waals surface area contributed by atoms with Gasteiger partial charge in [0.1, 0.15) is 15.9 Å². The molecule has 0 aliphatic rings. The lowest BCUT2D eigenvalue weighted by molar-refractivity contribution is 0.580. The van der Waals surface area contributed by atoms with Crippen LogP contribution in [-0.4, -0.2) is 13.4 Å². The van der Waals surface area contributed by atoms with Crippen LogP contribution >= 0.6 is 34.8 Å². The fourth-order valence-electron chi connectivity index (χ4n) is 1.46. The molecule has 2 aromatic rings. The van der Waals surface area contributed by atoms with E-state index in [4.69, 9.17) is 34.8 Å². The summed E-state index contributed by atoms with van der Waals surface area (Å²) in [6.07, 6.45) is 1.09. The zero-order chi connectivity index (χ0) is 15.6. The monoisotopic (exact) mass is 368 g/mol. The lowest BCUT2D eigenvalue weighted by Crippen LogP contribution is -2.23. The van der Waals surface area contributed by atoms with Crippen LogP contribution in [0.4, 0.5) is 4.39 Å². The summed E-state index contributed by atoms with van der Waals surface area (Å²) in [5.74, 6) is -0.572. The van der Waals surface area contributed by atoms with E-state index in [1.165, 1.54) is 18.2 Å². The SMILES string of the molecule is O=S(=O)(NCc1ccc(F)c(Cl)c1)c1cnc(Cl)c(Cl)c1. The summed E-state index contributed by atoms with van der Waals surface area (Å²) in [4.78, 5) is 3.55. The minimum absolute atomic E-state index is 0.0148. The molecule has 1 aromatic heterocycles. The minimum Gasteiger partial charge on any atom is -0.242 e. The third-order valence-corrected chi connectivity index (χ3v) is 4.88. The predicted molar refractivity (Wildman–Crippen MR) is 79.7 cm³/mol. The molecule has 0 unspecified atom stereocenters. The summed E-state index contributed by atoms with van der Waals surface area (Å²) in [5.41, 5.74) is 0.512. The molecule has 1 N–H and O–H groups in total. The van der Waals surface area contributed by atoms with Crippen molar-refractivity contribution in [2.45, 2.75) is 11.4 Å². The van der Waals surface area contributed by atoms with Crippen molar-refractivity contribution in [1.29, 1.82) is 0 Å². The minimum atomic E-state index is -3.81. The molecule has 0 fully saturated rings. The van der Waals surface area contributed by atoms with E-state index in [9.17, 15) is 12.8 Å². The Morgan fingerprint density at radius 1 is 1.14 bits per heavy atom. The maximum atomic E-state index is 13.0. The molecular weight excluding hydrogens is 362 g/mol. The first-order chi connectivity index (χ1) is 9.79. The fourth-order valence-corrected chi connectivity index (χ4v) is 2.99. The van der Waals surface area contributed by atoms with Crippen LogP contribution in [0.2, 0.25) is 15.2 Å². The van der Waals surface area contributed by atoms with Crippen molar-refractivity contribution in [1.82, 2.24) is 9.71 Å². The molecule has 0 bridgehead atoms. The number of nitrogens with zero attached hydrogens (tertiary/aromatic N) is 1. The Morgan fingerprint density at radius 3 is 2.48 bits per heavy atom. The first kappa shape index (κ1) is 16.5. The molecular formula is C12H8Cl3FN2O2S. The molecule has 21 heavy (non-hydrogen) atoms. The van der Waals surface area contributed by atoms with E-state index in [2.05, 4.69) is 9.71 Å². The summed E-state index contributed by atoms with van der Waals surface area (Å²) in [6.45, 7) is -0.0530. The average Bonchev–Trinajstić information content (AvgIpc) is 2.43. The van der Waals surface area contributed by atoms with Crippen LogP contribution in [-0.2, 0) is 16.6 Å². The molecule has 0 amide bonds. The third kappa shape index (κ3) is 4.05. The molecule has 2 rings (SSSR count). The summed E-state index contributed by atoms with van der Waals surface area (Å²) in [5, 5.41) is -0.0341. The predicted octanol–water partition coefficient (Wildman–Crippen LogP) is 3.66. The zero-order valence-corrected chi connectivity index (χ0v) is 13.4. The smallest absolute Gasteiger partial charge is 0.242 e. The molecule has 0 aliphatic carbocycles. The second kappa shape index (κ2) is 6.46. The van der Waals surface area contributed by atoms with E-state index in [0.29, 0.717) is 5.56 Å². The van der Waals surface area contributed by atoms with Crippen LogP contribution in [0, 0.1) is 5.82 Å². The molecule has 112 valence electrons. The maximum Gasteiger partial charge on any atom is 0.242 e. The second-order valence-electron chi connectivity index (χ2n) is 4.02. The van der Waals surface area contributed by atoms with Gasteiger partial charge in [-0.1, -0.05) is 40.9 Å². The molecule has 0 radical (unpaired) electrons. The highest BCUT2D eigenvalue weighted by atomic mass is 35.5. The number of nitrogens with one attached hydrogen (secondary N) is 1. The van der Waals surface area contributed by atoms with E-state index >= 15 is 0 Å². The van der Waals surface area contributed by atoms with Gasteiger partial charge in [-0.3, -0.25) is 0 Å². The van der Waals surface area contributed by atoms with Gasteiger partial charge in [0.2, 0.25) is 10.0 Å². The molecule has 0 atom stereocenters. The quantitative estimate of drug-likeness (QED) is 0.837. The maximum absolute atomic E-state index is 13.0. The number of aromatic nitrogens is 1. The van der Waals surface area contributed by atoms with E-state index < -0.39 is 15.8 Å². The number of pyridine rings is 1. The van der Waals surface area contributed by atoms with Gasteiger partial charge in [0.15, 0.2) is 0 Å². The Balaban J connectivity index is 2.17. The topological polar surface area (TPSA) is 59.1 Å². The standard InChI is InChI=1S/C12H8Cl3FN2O2S/c13-9-3-7(1-2-11(9)16)5-18-21(19,20)8-4-10(14)12(15)17-6-8/h1-4,6,18H,5H2. The number of halogens is 4. The first-order valence-corrected chi connectivity index (χ1v) is 8.16. The van der Waals surface area contributed by atoms with Gasteiger partial charge in [0, 0.05) is 12.7 Å². The molecule has 1 aromatic carbocycles. The van der Waals surface area contributed by atoms with Crippen LogP contribution < -0.4 is 4.72 Å². The van der Waals surface area contributed by atoms with Gasteiger partial charge in [0.25, 0.3) is 0 Å². The van der Waals surface area contributed by atoms with Gasteiger partial charge in [-0.25, -0.2) is 22.5 Å². The van der Waals surface area contributed by atoms with Crippen molar-refractivity contribution >= 4 is 44.8 Å². The van der Waals surface area contributed by atoms with Crippen molar-refractivity contribution < 1.29 is 12.8 Å². The Morgan fingerprint density at radius 2 is 1.86 bits per heavy atom. The van der Waals surface area contributed by atoms with E-state index in [1.54, 1.807) is 0 Å². The van der Waals surface area contributed by atoms with Crippen LogP contribution in [0.1, 0.15) is 5.56 Å². The number of benzene rings is 1. The number of hydrogen-bond acceptors (Lipinski definition) is 3. The highest BCUT2D eigenvalue weighted by molar-refractivity contribution is 7.89. The van der Waals surface area contributed by atoms with E-state index in [0.717, 1.165) is 12.3 Å². The average molecular weight is 370 g/mol. The van der Waals surface area contributed by atoms with Crippen LogP contribution in [0.25, 0.3) is 0 Å². The van der Waals surface area contributed by atoms with E-state index in [1.807, 2.05) is 0 Å². The Kier molecular flexibility index (Phi) is 5.06. The molecule has 0 spiro atoms. The zero-order valence-electron chi connectivity index (χ0n) is 10.3. The van der Waals surface area contributed by atoms with E-state index in [-0.39, 0.29) is 26.6 Å². The lowest BCUT2D eigenvalue weighted by atomic mass is 10.2. The van der Waals surface area contributed by atoms with Gasteiger partial charge < -0.3 is 0 Å². The summed E-state index contributed by atoms with van der Waals surface area (Å²) >= 11 is 17.0. The fraction of sp³-hybridized carbons (Fsp3) is 0.0833. The number of hydrogen-bond donors (Lipinski definition) is 1. The molecule has 0 saturated heterocycles. The Bertz CT molecular complexity index is 784. The van der Waals surface area contributed by atoms with Crippen LogP contribution in [0.15, 0.2) is 35.4 Å². The summed E-state index contributed by atoms with van der Waals surface area (Å²) < 4.78 is 39.5. The van der Waals surface area contributed by atoms with Crippen molar-refractivity contribution in [2.75, 3.05) is 0 Å². The molecule has 1 heterocycles. The molecule has 9 heteroatoms. The Labute approximate surface area is 135 Å².